The van der Waals surface area contributed by atoms with Gasteiger partial charge in [-0.2, -0.15) is 0 Å². The smallest absolute Gasteiger partial charge is 0.303 e. The number of carbonyl (C=O) groups is 3. The van der Waals surface area contributed by atoms with Gasteiger partial charge in [0.2, 0.25) is 0 Å². The van der Waals surface area contributed by atoms with Gasteiger partial charge in [0.15, 0.2) is 0 Å². The monoisotopic (exact) mass is 412 g/mol. The van der Waals surface area contributed by atoms with Crippen molar-refractivity contribution in [2.24, 2.45) is 0 Å². The van der Waals surface area contributed by atoms with Crippen LogP contribution >= 0.6 is 0 Å². The molecule has 158 valence electrons. The molecule has 0 unspecified atom stereocenters. The topological polar surface area (TPSA) is 114 Å². The van der Waals surface area contributed by atoms with Gasteiger partial charge in [-0.3, -0.25) is 14.4 Å². The van der Waals surface area contributed by atoms with Gasteiger partial charge in [-0.1, -0.05) is 12.1 Å². The molecule has 2 aromatic carbocycles. The molecule has 0 aromatic heterocycles. The molecule has 0 aliphatic heterocycles. The van der Waals surface area contributed by atoms with E-state index in [0.717, 1.165) is 0 Å². The Morgan fingerprint density at radius 3 is 2.03 bits per heavy atom. The molecule has 0 atom stereocenters. The molecular weight excluding hydrogens is 388 g/mol. The number of carboxylic acids is 1. The van der Waals surface area contributed by atoms with E-state index in [2.05, 4.69) is 10.6 Å². The molecule has 0 saturated heterocycles. The van der Waals surface area contributed by atoms with Crippen LogP contribution in [0.4, 0.5) is 0 Å². The van der Waals surface area contributed by atoms with Crippen molar-refractivity contribution in [3.05, 3.63) is 65.4 Å². The van der Waals surface area contributed by atoms with Crippen molar-refractivity contribution in [1.29, 1.82) is 0 Å². The quantitative estimate of drug-likeness (QED) is 0.408. The van der Waals surface area contributed by atoms with Crippen LogP contribution < -0.4 is 20.1 Å². The van der Waals surface area contributed by atoms with Gasteiger partial charge < -0.3 is 25.2 Å². The molecule has 0 fully saturated rings. The van der Waals surface area contributed by atoms with Crippen molar-refractivity contribution in [2.45, 2.75) is 12.8 Å². The maximum Gasteiger partial charge on any atom is 0.303 e. The summed E-state index contributed by atoms with van der Waals surface area (Å²) in [6.45, 7) is 0.170. The fraction of sp³-hybridized carbons (Fsp3) is 0.227. The van der Waals surface area contributed by atoms with Crippen molar-refractivity contribution < 1.29 is 29.0 Å². The lowest BCUT2D eigenvalue weighted by Crippen LogP contribution is -2.35. The summed E-state index contributed by atoms with van der Waals surface area (Å²) < 4.78 is 10.2. The number of hydrogen-bond acceptors (Lipinski definition) is 5. The molecular formula is C22H24N2O6. The molecule has 2 aromatic rings. The van der Waals surface area contributed by atoms with Crippen LogP contribution in [-0.2, 0) is 9.59 Å². The van der Waals surface area contributed by atoms with E-state index in [4.69, 9.17) is 14.6 Å². The number of carboxylic acid groups (broad SMARTS) is 1. The summed E-state index contributed by atoms with van der Waals surface area (Å²) in [5.41, 5.74) is 1.08. The second-order valence-electron chi connectivity index (χ2n) is 6.27. The highest BCUT2D eigenvalue weighted by molar-refractivity contribution is 6.05. The third-order valence-corrected chi connectivity index (χ3v) is 4.12. The summed E-state index contributed by atoms with van der Waals surface area (Å²) >= 11 is 0. The molecule has 0 aliphatic carbocycles. The van der Waals surface area contributed by atoms with Crippen LogP contribution in [0.3, 0.4) is 0 Å². The number of rotatable bonds is 10. The number of hydrogen-bond donors (Lipinski definition) is 3. The second kappa shape index (κ2) is 11.3. The van der Waals surface area contributed by atoms with E-state index < -0.39 is 17.8 Å². The fourth-order valence-electron chi connectivity index (χ4n) is 2.50. The average Bonchev–Trinajstić information content (AvgIpc) is 2.76. The average molecular weight is 412 g/mol. The highest BCUT2D eigenvalue weighted by Gasteiger charge is 2.15. The molecule has 0 spiro atoms. The van der Waals surface area contributed by atoms with Crippen LogP contribution in [0, 0.1) is 0 Å². The molecule has 0 saturated carbocycles. The van der Waals surface area contributed by atoms with Crippen molar-refractivity contribution in [1.82, 2.24) is 10.6 Å². The molecule has 0 bridgehead atoms. The molecule has 30 heavy (non-hydrogen) atoms. The zero-order valence-corrected chi connectivity index (χ0v) is 16.8. The number of benzene rings is 2. The predicted molar refractivity (Wildman–Crippen MR) is 111 cm³/mol. The van der Waals surface area contributed by atoms with E-state index in [-0.39, 0.29) is 25.1 Å². The van der Waals surface area contributed by atoms with E-state index in [1.807, 2.05) is 0 Å². The zero-order valence-electron chi connectivity index (χ0n) is 16.8. The molecule has 3 N–H and O–H groups in total. The lowest BCUT2D eigenvalue weighted by atomic mass is 10.1. The zero-order chi connectivity index (χ0) is 21.9. The lowest BCUT2D eigenvalue weighted by molar-refractivity contribution is -0.137. The van der Waals surface area contributed by atoms with Crippen molar-refractivity contribution in [3.8, 4) is 11.5 Å². The van der Waals surface area contributed by atoms with Crippen LogP contribution in [-0.4, -0.2) is 43.7 Å². The first kappa shape index (κ1) is 22.5. The SMILES string of the molecule is COc1ccc(C=C(NC(=O)c2ccc(OC)cc2)C(=O)NCCCC(=O)O)cc1. The Bertz CT molecular complexity index is 904. The standard InChI is InChI=1S/C22H24N2O6/c1-29-17-9-5-15(6-10-17)14-19(22(28)23-13-3-4-20(25)26)24-21(27)16-7-11-18(30-2)12-8-16/h5-12,14H,3-4,13H2,1-2H3,(H,23,28)(H,24,27)(H,25,26). The van der Waals surface area contributed by atoms with E-state index in [1.165, 1.54) is 13.2 Å². The highest BCUT2D eigenvalue weighted by Crippen LogP contribution is 2.15. The van der Waals surface area contributed by atoms with Gasteiger partial charge in [0, 0.05) is 18.5 Å². The van der Waals surface area contributed by atoms with Crippen molar-refractivity contribution in [3.63, 3.8) is 0 Å². The molecule has 2 amide bonds. The van der Waals surface area contributed by atoms with Gasteiger partial charge in [-0.25, -0.2) is 0 Å². The number of amides is 2. The summed E-state index contributed by atoms with van der Waals surface area (Å²) in [6, 6.07) is 13.4. The van der Waals surface area contributed by atoms with Gasteiger partial charge >= 0.3 is 5.97 Å². The van der Waals surface area contributed by atoms with Gasteiger partial charge in [-0.05, 0) is 54.5 Å². The first-order chi connectivity index (χ1) is 14.4. The van der Waals surface area contributed by atoms with Crippen molar-refractivity contribution >= 4 is 23.9 Å². The number of methoxy groups -OCH3 is 2. The number of ether oxygens (including phenoxy) is 2. The number of nitrogens with one attached hydrogen (secondary N) is 2. The largest absolute Gasteiger partial charge is 0.497 e. The normalized spacial score (nSPS) is 10.8. The lowest BCUT2D eigenvalue weighted by Gasteiger charge is -2.11. The number of carbonyl (C=O) groups excluding carboxylic acids is 2. The third kappa shape index (κ3) is 6.97. The van der Waals surface area contributed by atoms with E-state index >= 15 is 0 Å². The second-order valence-corrected chi connectivity index (χ2v) is 6.27. The molecule has 0 heterocycles. The minimum Gasteiger partial charge on any atom is -0.497 e. The van der Waals surface area contributed by atoms with Crippen LogP contribution in [0.1, 0.15) is 28.8 Å². The molecule has 2 rings (SSSR count). The summed E-state index contributed by atoms with van der Waals surface area (Å²) in [7, 11) is 3.08. The van der Waals surface area contributed by atoms with Crippen LogP contribution in [0.2, 0.25) is 0 Å². The van der Waals surface area contributed by atoms with E-state index in [9.17, 15) is 14.4 Å². The third-order valence-electron chi connectivity index (χ3n) is 4.12. The Morgan fingerprint density at radius 2 is 1.50 bits per heavy atom. The first-order valence-electron chi connectivity index (χ1n) is 9.24. The van der Waals surface area contributed by atoms with Gasteiger partial charge in [-0.15, -0.1) is 0 Å². The van der Waals surface area contributed by atoms with Crippen LogP contribution in [0.5, 0.6) is 11.5 Å². The summed E-state index contributed by atoms with van der Waals surface area (Å²) in [5.74, 6) is -0.645. The fourth-order valence-corrected chi connectivity index (χ4v) is 2.50. The Balaban J connectivity index is 2.17. The highest BCUT2D eigenvalue weighted by atomic mass is 16.5. The molecule has 8 nitrogen and oxygen atoms in total. The molecule has 8 heteroatoms. The van der Waals surface area contributed by atoms with Crippen LogP contribution in [0.25, 0.3) is 6.08 Å². The maximum absolute atomic E-state index is 12.6. The Hall–Kier alpha value is -3.81. The van der Waals surface area contributed by atoms with Crippen LogP contribution in [0.15, 0.2) is 54.2 Å². The Kier molecular flexibility index (Phi) is 8.43. The Labute approximate surface area is 174 Å². The van der Waals surface area contributed by atoms with E-state index in [0.29, 0.717) is 22.6 Å². The molecule has 0 aliphatic rings. The molecule has 0 radical (unpaired) electrons. The summed E-state index contributed by atoms with van der Waals surface area (Å²) in [4.78, 5) is 35.8. The van der Waals surface area contributed by atoms with E-state index in [1.54, 1.807) is 55.6 Å². The minimum atomic E-state index is -0.939. The van der Waals surface area contributed by atoms with Gasteiger partial charge in [0.1, 0.15) is 17.2 Å². The van der Waals surface area contributed by atoms with Crippen molar-refractivity contribution in [2.75, 3.05) is 20.8 Å². The summed E-state index contributed by atoms with van der Waals surface area (Å²) in [5, 5.41) is 14.0. The number of aliphatic carboxylic acids is 1. The minimum absolute atomic E-state index is 0.0382. The maximum atomic E-state index is 12.6. The predicted octanol–water partition coefficient (Wildman–Crippen LogP) is 2.46. The van der Waals surface area contributed by atoms with Gasteiger partial charge in [0.25, 0.3) is 11.8 Å². The van der Waals surface area contributed by atoms with Gasteiger partial charge in [0.05, 0.1) is 14.2 Å². The Morgan fingerprint density at radius 1 is 0.933 bits per heavy atom. The first-order valence-corrected chi connectivity index (χ1v) is 9.24. The summed E-state index contributed by atoms with van der Waals surface area (Å²) in [6.07, 6.45) is 1.76.